The van der Waals surface area contributed by atoms with Crippen LogP contribution in [0.25, 0.3) is 0 Å². The standard InChI is InChI=1S/C28H46N4O5S/c1-8-13-37-19-27(2,3)18-31-24(33)16-30-21-11-9-20(10-12-21)14-22(15-28(4,5)26(35)36)32-25(34)23(29-6)17-38-7/h9-12,17,22,29-30H,8,13-16,18-19H2,1-7H3,(H,31,33)(H,32,34)(H,35,36)/b23-17-/t22-/m0/s1. The van der Waals surface area contributed by atoms with Crippen LogP contribution in [0.3, 0.4) is 0 Å². The molecule has 2 amide bonds. The second kappa shape index (κ2) is 16.3. The summed E-state index contributed by atoms with van der Waals surface area (Å²) < 4.78 is 5.61. The largest absolute Gasteiger partial charge is 0.481 e. The Morgan fingerprint density at radius 2 is 1.79 bits per heavy atom. The minimum atomic E-state index is -1.01. The number of carboxylic acids is 1. The van der Waals surface area contributed by atoms with Gasteiger partial charge in [-0.05, 0) is 62.5 Å². The van der Waals surface area contributed by atoms with Crippen molar-refractivity contribution in [1.82, 2.24) is 16.0 Å². The Morgan fingerprint density at radius 1 is 1.13 bits per heavy atom. The molecule has 9 nitrogen and oxygen atoms in total. The van der Waals surface area contributed by atoms with Crippen LogP contribution in [0.1, 0.15) is 53.0 Å². The summed E-state index contributed by atoms with van der Waals surface area (Å²) in [5.74, 6) is -1.30. The number of ether oxygens (including phenoxy) is 1. The fraction of sp³-hybridized carbons (Fsp3) is 0.607. The Hall–Kier alpha value is -2.72. The first-order chi connectivity index (χ1) is 17.8. The molecular weight excluding hydrogens is 504 g/mol. The minimum absolute atomic E-state index is 0.102. The molecule has 0 aromatic heterocycles. The third-order valence-corrected chi connectivity index (χ3v) is 6.39. The smallest absolute Gasteiger partial charge is 0.309 e. The summed E-state index contributed by atoms with van der Waals surface area (Å²) in [6.07, 6.45) is 3.56. The van der Waals surface area contributed by atoms with Gasteiger partial charge in [-0.25, -0.2) is 0 Å². The van der Waals surface area contributed by atoms with Crippen molar-refractivity contribution >= 4 is 35.2 Å². The number of likely N-dealkylation sites (N-methyl/N-ethyl adjacent to an activating group) is 1. The molecule has 5 N–H and O–H groups in total. The average molecular weight is 551 g/mol. The van der Waals surface area contributed by atoms with E-state index in [4.69, 9.17) is 4.74 Å². The number of anilines is 1. The molecule has 214 valence electrons. The van der Waals surface area contributed by atoms with E-state index < -0.39 is 11.4 Å². The van der Waals surface area contributed by atoms with Gasteiger partial charge in [-0.15, -0.1) is 11.8 Å². The van der Waals surface area contributed by atoms with Gasteiger partial charge < -0.3 is 31.1 Å². The van der Waals surface area contributed by atoms with Gasteiger partial charge in [0.05, 0.1) is 18.6 Å². The fourth-order valence-corrected chi connectivity index (χ4v) is 4.11. The molecule has 0 radical (unpaired) electrons. The number of hydrogen-bond acceptors (Lipinski definition) is 7. The van der Waals surface area contributed by atoms with Crippen LogP contribution in [0.4, 0.5) is 5.69 Å². The molecule has 0 unspecified atom stereocenters. The van der Waals surface area contributed by atoms with Crippen LogP contribution in [0.5, 0.6) is 0 Å². The van der Waals surface area contributed by atoms with Gasteiger partial charge in [0.25, 0.3) is 5.91 Å². The topological polar surface area (TPSA) is 129 Å². The normalized spacial score (nSPS) is 13.0. The van der Waals surface area contributed by atoms with Crippen molar-refractivity contribution in [2.75, 3.05) is 44.9 Å². The highest BCUT2D eigenvalue weighted by Gasteiger charge is 2.32. The number of benzene rings is 1. The number of thioether (sulfide) groups is 1. The maximum atomic E-state index is 12.7. The number of rotatable bonds is 18. The van der Waals surface area contributed by atoms with Gasteiger partial charge in [0, 0.05) is 37.3 Å². The Kier molecular flexibility index (Phi) is 14.3. The molecule has 0 saturated carbocycles. The van der Waals surface area contributed by atoms with Crippen molar-refractivity contribution in [2.24, 2.45) is 10.8 Å². The monoisotopic (exact) mass is 550 g/mol. The zero-order valence-electron chi connectivity index (χ0n) is 23.9. The molecule has 0 spiro atoms. The molecule has 0 aliphatic rings. The first-order valence-corrected chi connectivity index (χ1v) is 14.2. The van der Waals surface area contributed by atoms with Crippen molar-refractivity contribution in [3.8, 4) is 0 Å². The van der Waals surface area contributed by atoms with Crippen LogP contribution in [0.15, 0.2) is 35.4 Å². The average Bonchev–Trinajstić information content (AvgIpc) is 2.85. The lowest BCUT2D eigenvalue weighted by Gasteiger charge is -2.27. The molecule has 1 rings (SSSR count). The van der Waals surface area contributed by atoms with E-state index in [1.807, 2.05) is 30.5 Å². The van der Waals surface area contributed by atoms with Gasteiger partial charge in [-0.1, -0.05) is 32.9 Å². The summed E-state index contributed by atoms with van der Waals surface area (Å²) in [6, 6.07) is 7.19. The quantitative estimate of drug-likeness (QED) is 0.138. The molecular formula is C28H46N4O5S. The number of amides is 2. The van der Waals surface area contributed by atoms with Crippen molar-refractivity contribution in [3.05, 3.63) is 40.9 Å². The molecule has 0 aliphatic carbocycles. The molecule has 0 heterocycles. The van der Waals surface area contributed by atoms with Gasteiger partial charge in [-0.2, -0.15) is 0 Å². The summed E-state index contributed by atoms with van der Waals surface area (Å²) in [6.45, 7) is 11.5. The van der Waals surface area contributed by atoms with Crippen LogP contribution >= 0.6 is 11.8 Å². The first kappa shape index (κ1) is 33.3. The molecule has 0 aliphatic heterocycles. The SMILES string of the molecule is CCCOCC(C)(C)CNC(=O)CNc1ccc(C[C@@H](CC(C)(C)C(=O)O)NC(=O)/C(=C/SC)NC)cc1. The molecule has 38 heavy (non-hydrogen) atoms. The minimum Gasteiger partial charge on any atom is -0.481 e. The third kappa shape index (κ3) is 12.7. The molecule has 10 heteroatoms. The lowest BCUT2D eigenvalue weighted by atomic mass is 9.84. The Morgan fingerprint density at radius 3 is 2.34 bits per heavy atom. The van der Waals surface area contributed by atoms with Crippen LogP contribution in [0.2, 0.25) is 0 Å². The van der Waals surface area contributed by atoms with Crippen LogP contribution in [-0.2, 0) is 25.5 Å². The number of carbonyl (C=O) groups excluding carboxylic acids is 2. The molecule has 0 bridgehead atoms. The highest BCUT2D eigenvalue weighted by molar-refractivity contribution is 8.01. The highest BCUT2D eigenvalue weighted by Crippen LogP contribution is 2.25. The van der Waals surface area contributed by atoms with E-state index in [0.29, 0.717) is 31.9 Å². The van der Waals surface area contributed by atoms with Crippen LogP contribution < -0.4 is 21.3 Å². The summed E-state index contributed by atoms with van der Waals surface area (Å²) in [4.78, 5) is 36.8. The van der Waals surface area contributed by atoms with Gasteiger partial charge in [-0.3, -0.25) is 14.4 Å². The first-order valence-electron chi connectivity index (χ1n) is 13.0. The molecule has 1 aromatic carbocycles. The predicted molar refractivity (Wildman–Crippen MR) is 155 cm³/mol. The Labute approximate surface area is 231 Å². The van der Waals surface area contributed by atoms with E-state index in [0.717, 1.165) is 17.7 Å². The highest BCUT2D eigenvalue weighted by atomic mass is 32.2. The second-order valence-electron chi connectivity index (χ2n) is 10.8. The molecule has 0 saturated heterocycles. The van der Waals surface area contributed by atoms with Crippen molar-refractivity contribution in [3.63, 3.8) is 0 Å². The number of carbonyl (C=O) groups is 3. The van der Waals surface area contributed by atoms with E-state index in [-0.39, 0.29) is 36.2 Å². The summed E-state index contributed by atoms with van der Waals surface area (Å²) in [5.41, 5.74) is 1.01. The summed E-state index contributed by atoms with van der Waals surface area (Å²) >= 11 is 1.41. The predicted octanol–water partition coefficient (Wildman–Crippen LogP) is 3.62. The Bertz CT molecular complexity index is 932. The third-order valence-electron chi connectivity index (χ3n) is 5.92. The number of carboxylic acid groups (broad SMARTS) is 1. The number of aliphatic carboxylic acids is 1. The lowest BCUT2D eigenvalue weighted by molar-refractivity contribution is -0.147. The van der Waals surface area contributed by atoms with Crippen molar-refractivity contribution < 1.29 is 24.2 Å². The van der Waals surface area contributed by atoms with Crippen molar-refractivity contribution in [1.29, 1.82) is 0 Å². The maximum absolute atomic E-state index is 12.7. The zero-order chi connectivity index (χ0) is 28.8. The number of hydrogen-bond donors (Lipinski definition) is 5. The molecule has 1 aromatic rings. The van der Waals surface area contributed by atoms with Crippen molar-refractivity contribution in [2.45, 2.75) is 59.9 Å². The van der Waals surface area contributed by atoms with E-state index in [1.165, 1.54) is 11.8 Å². The molecule has 0 fully saturated rings. The fourth-order valence-electron chi connectivity index (χ4n) is 3.65. The lowest BCUT2D eigenvalue weighted by Crippen LogP contribution is -2.43. The van der Waals surface area contributed by atoms with Crippen LogP contribution in [-0.4, -0.2) is 68.5 Å². The van der Waals surface area contributed by atoms with Gasteiger partial charge >= 0.3 is 5.97 Å². The summed E-state index contributed by atoms with van der Waals surface area (Å²) in [7, 11) is 1.67. The van der Waals surface area contributed by atoms with Gasteiger partial charge in [0.1, 0.15) is 5.70 Å². The van der Waals surface area contributed by atoms with E-state index in [9.17, 15) is 19.5 Å². The van der Waals surface area contributed by atoms with Gasteiger partial charge in [0.15, 0.2) is 0 Å². The number of nitrogens with one attached hydrogen (secondary N) is 4. The maximum Gasteiger partial charge on any atom is 0.309 e. The van der Waals surface area contributed by atoms with Crippen LogP contribution in [0, 0.1) is 10.8 Å². The van der Waals surface area contributed by atoms with Gasteiger partial charge in [0.2, 0.25) is 5.91 Å². The van der Waals surface area contributed by atoms with E-state index >= 15 is 0 Å². The van der Waals surface area contributed by atoms with E-state index in [1.54, 1.807) is 26.3 Å². The van der Waals surface area contributed by atoms with E-state index in [2.05, 4.69) is 42.0 Å². The second-order valence-corrected chi connectivity index (χ2v) is 11.5. The molecule has 1 atom stereocenters. The zero-order valence-corrected chi connectivity index (χ0v) is 24.7. The Balaban J connectivity index is 2.75. The summed E-state index contributed by atoms with van der Waals surface area (Å²) in [5, 5.41) is 23.3.